The summed E-state index contributed by atoms with van der Waals surface area (Å²) in [6.07, 6.45) is 0. The van der Waals surface area contributed by atoms with Crippen LogP contribution in [0.1, 0.15) is 17.4 Å². The second-order valence-electron chi connectivity index (χ2n) is 1.84. The molecule has 0 bridgehead atoms. The van der Waals surface area contributed by atoms with Gasteiger partial charge in [0.25, 0.3) is 0 Å². The number of hydrogen-bond acceptors (Lipinski definition) is 4. The molecule has 1 aromatic heterocycles. The lowest BCUT2D eigenvalue weighted by atomic mass is 10.5. The van der Waals surface area contributed by atoms with Crippen molar-refractivity contribution in [1.29, 1.82) is 0 Å². The van der Waals surface area contributed by atoms with Crippen molar-refractivity contribution in [2.24, 2.45) is 0 Å². The van der Waals surface area contributed by atoms with Gasteiger partial charge in [-0.1, -0.05) is 18.3 Å². The SMILES string of the molecule is CCSc1sc(Br)nc1C(=O)O. The minimum atomic E-state index is -0.965. The summed E-state index contributed by atoms with van der Waals surface area (Å²) >= 11 is 6.00. The molecule has 12 heavy (non-hydrogen) atoms. The number of thiazole rings is 1. The van der Waals surface area contributed by atoms with Crippen LogP contribution in [0.2, 0.25) is 0 Å². The van der Waals surface area contributed by atoms with E-state index >= 15 is 0 Å². The number of aromatic nitrogens is 1. The molecular formula is C6H6BrNO2S2. The largest absolute Gasteiger partial charge is 0.476 e. The molecule has 0 unspecified atom stereocenters. The molecule has 0 saturated heterocycles. The molecule has 1 aromatic rings. The number of halogens is 1. The fraction of sp³-hybridized carbons (Fsp3) is 0.333. The minimum Gasteiger partial charge on any atom is -0.476 e. The number of rotatable bonds is 3. The van der Waals surface area contributed by atoms with Gasteiger partial charge >= 0.3 is 5.97 Å². The summed E-state index contributed by atoms with van der Waals surface area (Å²) in [4.78, 5) is 14.5. The van der Waals surface area contributed by atoms with Crippen molar-refractivity contribution < 1.29 is 9.90 Å². The zero-order valence-corrected chi connectivity index (χ0v) is 9.42. The molecule has 3 nitrogen and oxygen atoms in total. The van der Waals surface area contributed by atoms with E-state index in [1.54, 1.807) is 0 Å². The molecule has 1 heterocycles. The molecular weight excluding hydrogens is 262 g/mol. The molecule has 6 heteroatoms. The van der Waals surface area contributed by atoms with Gasteiger partial charge in [-0.05, 0) is 21.7 Å². The lowest BCUT2D eigenvalue weighted by Gasteiger charge is -1.92. The van der Waals surface area contributed by atoms with Gasteiger partial charge in [0.1, 0.15) is 0 Å². The van der Waals surface area contributed by atoms with Crippen LogP contribution in [0.3, 0.4) is 0 Å². The minimum absolute atomic E-state index is 0.152. The standard InChI is InChI=1S/C6H6BrNO2S2/c1-2-11-5-3(4(9)10)8-6(7)12-5/h2H2,1H3,(H,9,10). The Morgan fingerprint density at radius 1 is 1.83 bits per heavy atom. The van der Waals surface area contributed by atoms with Gasteiger partial charge in [-0.2, -0.15) is 0 Å². The predicted molar refractivity (Wildman–Crippen MR) is 53.2 cm³/mol. The van der Waals surface area contributed by atoms with Crippen molar-refractivity contribution >= 4 is 45.0 Å². The number of carboxylic acids is 1. The highest BCUT2D eigenvalue weighted by Gasteiger charge is 2.15. The number of aromatic carboxylic acids is 1. The van der Waals surface area contributed by atoms with Crippen molar-refractivity contribution in [3.05, 3.63) is 9.61 Å². The van der Waals surface area contributed by atoms with Gasteiger partial charge in [0.2, 0.25) is 0 Å². The third-order valence-corrected chi connectivity index (χ3v) is 3.70. The number of hydrogen-bond donors (Lipinski definition) is 1. The maximum atomic E-state index is 10.6. The fourth-order valence-corrected chi connectivity index (χ4v) is 3.51. The Morgan fingerprint density at radius 2 is 2.50 bits per heavy atom. The molecule has 0 amide bonds. The smallest absolute Gasteiger partial charge is 0.356 e. The van der Waals surface area contributed by atoms with Crippen molar-refractivity contribution in [3.63, 3.8) is 0 Å². The fourth-order valence-electron chi connectivity index (χ4n) is 0.645. The lowest BCUT2D eigenvalue weighted by Crippen LogP contribution is -1.97. The number of carbonyl (C=O) groups is 1. The van der Waals surface area contributed by atoms with E-state index in [2.05, 4.69) is 20.9 Å². The van der Waals surface area contributed by atoms with E-state index in [1.807, 2.05) is 6.92 Å². The first-order valence-electron chi connectivity index (χ1n) is 3.17. The molecule has 0 atom stereocenters. The molecule has 66 valence electrons. The highest BCUT2D eigenvalue weighted by Crippen LogP contribution is 2.32. The van der Waals surface area contributed by atoms with Crippen molar-refractivity contribution in [1.82, 2.24) is 4.98 Å². The van der Waals surface area contributed by atoms with Crippen LogP contribution in [-0.4, -0.2) is 21.8 Å². The normalized spacial score (nSPS) is 10.2. The van der Waals surface area contributed by atoms with Crippen molar-refractivity contribution in [3.8, 4) is 0 Å². The van der Waals surface area contributed by atoms with E-state index in [0.717, 1.165) is 9.96 Å². The van der Waals surface area contributed by atoms with Gasteiger partial charge in [0.05, 0.1) is 4.21 Å². The van der Waals surface area contributed by atoms with E-state index in [9.17, 15) is 4.79 Å². The molecule has 0 fully saturated rings. The second kappa shape index (κ2) is 4.25. The summed E-state index contributed by atoms with van der Waals surface area (Å²) in [6.45, 7) is 1.98. The molecule has 1 N–H and O–H groups in total. The zero-order chi connectivity index (χ0) is 9.14. The first kappa shape index (κ1) is 10.0. The van der Waals surface area contributed by atoms with Gasteiger partial charge in [-0.25, -0.2) is 9.78 Å². The molecule has 0 aromatic carbocycles. The summed E-state index contributed by atoms with van der Waals surface area (Å²) in [7, 11) is 0. The van der Waals surface area contributed by atoms with Gasteiger partial charge in [-0.3, -0.25) is 0 Å². The van der Waals surface area contributed by atoms with Crippen LogP contribution in [0, 0.1) is 0 Å². The zero-order valence-electron chi connectivity index (χ0n) is 6.20. The summed E-state index contributed by atoms with van der Waals surface area (Å²) in [6, 6.07) is 0. The summed E-state index contributed by atoms with van der Waals surface area (Å²) in [5, 5.41) is 8.72. The number of nitrogens with zero attached hydrogens (tertiary/aromatic N) is 1. The predicted octanol–water partition coefficient (Wildman–Crippen LogP) is 2.72. The molecule has 0 spiro atoms. The van der Waals surface area contributed by atoms with Gasteiger partial charge in [0, 0.05) is 0 Å². The van der Waals surface area contributed by atoms with Crippen LogP contribution >= 0.6 is 39.0 Å². The number of thioether (sulfide) groups is 1. The van der Waals surface area contributed by atoms with E-state index < -0.39 is 5.97 Å². The highest BCUT2D eigenvalue weighted by atomic mass is 79.9. The van der Waals surface area contributed by atoms with Crippen LogP contribution in [-0.2, 0) is 0 Å². The quantitative estimate of drug-likeness (QED) is 0.856. The van der Waals surface area contributed by atoms with Crippen molar-refractivity contribution in [2.75, 3.05) is 5.75 Å². The average Bonchev–Trinajstić information content (AvgIpc) is 2.32. The highest BCUT2D eigenvalue weighted by molar-refractivity contribution is 9.11. The second-order valence-corrected chi connectivity index (χ2v) is 5.65. The Bertz CT molecular complexity index is 300. The van der Waals surface area contributed by atoms with Crippen LogP contribution in [0.25, 0.3) is 0 Å². The molecule has 1 rings (SSSR count). The Hall–Kier alpha value is -0.0700. The van der Waals surface area contributed by atoms with Gasteiger partial charge in [0.15, 0.2) is 9.61 Å². The van der Waals surface area contributed by atoms with Crippen molar-refractivity contribution in [2.45, 2.75) is 11.1 Å². The lowest BCUT2D eigenvalue weighted by molar-refractivity contribution is 0.0687. The molecule has 0 saturated carbocycles. The molecule has 0 aliphatic heterocycles. The van der Waals surface area contributed by atoms with Crippen LogP contribution in [0.4, 0.5) is 0 Å². The van der Waals surface area contributed by atoms with E-state index in [1.165, 1.54) is 23.1 Å². The molecule has 0 aliphatic carbocycles. The summed E-state index contributed by atoms with van der Waals surface area (Å²) in [5.74, 6) is -0.109. The summed E-state index contributed by atoms with van der Waals surface area (Å²) < 4.78 is 1.38. The number of carboxylic acid groups (broad SMARTS) is 1. The summed E-state index contributed by atoms with van der Waals surface area (Å²) in [5.41, 5.74) is 0.152. The Morgan fingerprint density at radius 3 is 3.00 bits per heavy atom. The Kier molecular flexibility index (Phi) is 3.54. The molecule has 0 aliphatic rings. The maximum Gasteiger partial charge on any atom is 0.356 e. The van der Waals surface area contributed by atoms with E-state index in [-0.39, 0.29) is 5.69 Å². The topological polar surface area (TPSA) is 50.2 Å². The third-order valence-electron chi connectivity index (χ3n) is 1.05. The first-order valence-corrected chi connectivity index (χ1v) is 5.77. The monoisotopic (exact) mass is 267 g/mol. The maximum absolute atomic E-state index is 10.6. The van der Waals surface area contributed by atoms with Crippen LogP contribution < -0.4 is 0 Å². The van der Waals surface area contributed by atoms with Crippen LogP contribution in [0.15, 0.2) is 8.13 Å². The van der Waals surface area contributed by atoms with Gasteiger partial charge < -0.3 is 5.11 Å². The van der Waals surface area contributed by atoms with Gasteiger partial charge in [-0.15, -0.1) is 11.8 Å². The Labute approximate surface area is 86.3 Å². The van der Waals surface area contributed by atoms with E-state index in [4.69, 9.17) is 5.11 Å². The van der Waals surface area contributed by atoms with Crippen LogP contribution in [0.5, 0.6) is 0 Å². The average molecular weight is 268 g/mol. The third kappa shape index (κ3) is 2.21. The van der Waals surface area contributed by atoms with E-state index in [0.29, 0.717) is 3.92 Å². The first-order chi connectivity index (χ1) is 5.65. The molecule has 0 radical (unpaired) electrons. The Balaban J connectivity index is 2.99.